The van der Waals surface area contributed by atoms with Gasteiger partial charge in [0.1, 0.15) is 11.7 Å². The van der Waals surface area contributed by atoms with Crippen molar-refractivity contribution in [3.05, 3.63) is 54.6 Å². The average molecular weight is 216 g/mol. The van der Waals surface area contributed by atoms with Gasteiger partial charge >= 0.3 is 0 Å². The molecule has 1 aromatic carbocycles. The van der Waals surface area contributed by atoms with E-state index in [1.165, 1.54) is 6.08 Å². The number of para-hydroxylation sites is 1. The second-order valence-corrected chi connectivity index (χ2v) is 3.49. The van der Waals surface area contributed by atoms with Crippen LogP contribution >= 0.6 is 0 Å². The molecule has 1 aliphatic carbocycles. The van der Waals surface area contributed by atoms with Crippen LogP contribution in [0.3, 0.4) is 0 Å². The van der Waals surface area contributed by atoms with Crippen LogP contribution in [-0.2, 0) is 4.79 Å². The first-order valence-electron chi connectivity index (χ1n) is 5.06. The topological polar surface area (TPSA) is 46.5 Å². The quantitative estimate of drug-likeness (QED) is 0.782. The molecule has 82 valence electrons. The Kier molecular flexibility index (Phi) is 3.17. The lowest BCUT2D eigenvalue weighted by molar-refractivity contribution is -0.127. The normalized spacial score (nSPS) is 20.8. The van der Waals surface area contributed by atoms with E-state index in [0.717, 1.165) is 0 Å². The van der Waals surface area contributed by atoms with Crippen LogP contribution in [0.1, 0.15) is 0 Å². The minimum atomic E-state index is -1.14. The number of allylic oxidation sites excluding steroid dienone is 3. The smallest absolute Gasteiger partial charge is 0.211 e. The molecule has 0 heterocycles. The monoisotopic (exact) mass is 216 g/mol. The second kappa shape index (κ2) is 4.77. The lowest BCUT2D eigenvalue weighted by Gasteiger charge is -2.20. The van der Waals surface area contributed by atoms with Gasteiger partial charge in [-0.05, 0) is 18.2 Å². The zero-order chi connectivity index (χ0) is 11.4. The van der Waals surface area contributed by atoms with Gasteiger partial charge in [0, 0.05) is 0 Å². The van der Waals surface area contributed by atoms with Crippen LogP contribution < -0.4 is 4.74 Å². The van der Waals surface area contributed by atoms with Crippen LogP contribution in [0.5, 0.6) is 5.75 Å². The molecule has 3 heteroatoms. The molecule has 2 rings (SSSR count). The highest BCUT2D eigenvalue weighted by atomic mass is 16.6. The molecule has 0 fully saturated rings. The molecule has 0 bridgehead atoms. The average Bonchev–Trinajstić information content (AvgIpc) is 2.31. The van der Waals surface area contributed by atoms with Crippen molar-refractivity contribution in [2.75, 3.05) is 0 Å². The highest BCUT2D eigenvalue weighted by molar-refractivity contribution is 5.94. The molecule has 2 unspecified atom stereocenters. The minimum Gasteiger partial charge on any atom is -0.464 e. The maximum Gasteiger partial charge on any atom is 0.211 e. The number of hydrogen-bond donors (Lipinski definition) is 1. The van der Waals surface area contributed by atoms with Gasteiger partial charge in [-0.1, -0.05) is 36.4 Å². The minimum absolute atomic E-state index is 0.147. The van der Waals surface area contributed by atoms with E-state index in [-0.39, 0.29) is 5.78 Å². The number of benzene rings is 1. The zero-order valence-corrected chi connectivity index (χ0v) is 8.61. The van der Waals surface area contributed by atoms with Crippen LogP contribution in [0, 0.1) is 5.92 Å². The summed E-state index contributed by atoms with van der Waals surface area (Å²) >= 11 is 0. The number of rotatable bonds is 3. The van der Waals surface area contributed by atoms with Crippen molar-refractivity contribution in [1.82, 2.24) is 0 Å². The van der Waals surface area contributed by atoms with E-state index in [0.29, 0.717) is 5.75 Å². The third kappa shape index (κ3) is 2.38. The molecule has 0 amide bonds. The van der Waals surface area contributed by atoms with Crippen LogP contribution in [0.4, 0.5) is 0 Å². The molecule has 0 saturated heterocycles. The first-order chi connectivity index (χ1) is 7.77. The maximum atomic E-state index is 11.4. The SMILES string of the molecule is O=C1C=CC=CC1C(O)Oc1ccccc1. The Bertz CT molecular complexity index is 420. The standard InChI is InChI=1S/C13H12O3/c14-12-9-5-4-8-11(12)13(15)16-10-6-2-1-3-7-10/h1-9,11,13,15H. The van der Waals surface area contributed by atoms with Crippen molar-refractivity contribution >= 4 is 5.78 Å². The Balaban J connectivity index is 2.03. The lowest BCUT2D eigenvalue weighted by atomic mass is 9.99. The molecule has 0 aliphatic heterocycles. The number of hydrogen-bond acceptors (Lipinski definition) is 3. The fourth-order valence-corrected chi connectivity index (χ4v) is 1.49. The van der Waals surface area contributed by atoms with Gasteiger partial charge in [0.15, 0.2) is 5.78 Å². The third-order valence-corrected chi connectivity index (χ3v) is 2.33. The number of aliphatic hydroxyl groups is 1. The van der Waals surface area contributed by atoms with E-state index in [2.05, 4.69) is 0 Å². The van der Waals surface area contributed by atoms with Crippen molar-refractivity contribution in [3.8, 4) is 5.75 Å². The molecule has 1 N–H and O–H groups in total. The predicted molar refractivity (Wildman–Crippen MR) is 59.9 cm³/mol. The fourth-order valence-electron chi connectivity index (χ4n) is 1.49. The highest BCUT2D eigenvalue weighted by Crippen LogP contribution is 2.17. The molecular weight excluding hydrogens is 204 g/mol. The van der Waals surface area contributed by atoms with Gasteiger partial charge < -0.3 is 9.84 Å². The van der Waals surface area contributed by atoms with E-state index in [9.17, 15) is 9.90 Å². The molecule has 0 spiro atoms. The van der Waals surface area contributed by atoms with Crippen molar-refractivity contribution in [1.29, 1.82) is 0 Å². The molecule has 3 nitrogen and oxygen atoms in total. The molecule has 0 aromatic heterocycles. The van der Waals surface area contributed by atoms with Crippen LogP contribution in [0.15, 0.2) is 54.6 Å². The first kappa shape index (κ1) is 10.6. The summed E-state index contributed by atoms with van der Waals surface area (Å²) in [4.78, 5) is 11.4. The van der Waals surface area contributed by atoms with Gasteiger partial charge in [-0.3, -0.25) is 4.79 Å². The summed E-state index contributed by atoms with van der Waals surface area (Å²) < 4.78 is 5.27. The fraction of sp³-hybridized carbons (Fsp3) is 0.154. The van der Waals surface area contributed by atoms with E-state index < -0.39 is 12.2 Å². The Morgan fingerprint density at radius 2 is 1.94 bits per heavy atom. The zero-order valence-electron chi connectivity index (χ0n) is 8.61. The van der Waals surface area contributed by atoms with Crippen molar-refractivity contribution in [3.63, 3.8) is 0 Å². The number of ether oxygens (including phenoxy) is 1. The van der Waals surface area contributed by atoms with Crippen molar-refractivity contribution in [2.24, 2.45) is 5.92 Å². The summed E-state index contributed by atoms with van der Waals surface area (Å²) in [5, 5.41) is 9.77. The Morgan fingerprint density at radius 3 is 2.62 bits per heavy atom. The molecule has 1 aromatic rings. The van der Waals surface area contributed by atoms with Crippen LogP contribution in [0.2, 0.25) is 0 Å². The molecule has 1 aliphatic rings. The summed E-state index contributed by atoms with van der Waals surface area (Å²) in [7, 11) is 0. The first-order valence-corrected chi connectivity index (χ1v) is 5.06. The third-order valence-electron chi connectivity index (χ3n) is 2.33. The molecular formula is C13H12O3. The highest BCUT2D eigenvalue weighted by Gasteiger charge is 2.25. The molecule has 2 atom stereocenters. The maximum absolute atomic E-state index is 11.4. The van der Waals surface area contributed by atoms with Gasteiger partial charge in [0.2, 0.25) is 6.29 Å². The molecule has 0 radical (unpaired) electrons. The predicted octanol–water partition coefficient (Wildman–Crippen LogP) is 1.70. The number of carbonyl (C=O) groups is 1. The van der Waals surface area contributed by atoms with Crippen molar-refractivity contribution in [2.45, 2.75) is 6.29 Å². The summed E-state index contributed by atoms with van der Waals surface area (Å²) in [6, 6.07) is 8.93. The van der Waals surface area contributed by atoms with Gasteiger partial charge in [0.05, 0.1) is 0 Å². The molecule has 0 saturated carbocycles. The summed E-state index contributed by atoms with van der Waals surface area (Å²) in [6.07, 6.45) is 5.30. The van der Waals surface area contributed by atoms with E-state index in [4.69, 9.17) is 4.74 Å². The number of ketones is 1. The Morgan fingerprint density at radius 1 is 1.19 bits per heavy atom. The molecule has 16 heavy (non-hydrogen) atoms. The second-order valence-electron chi connectivity index (χ2n) is 3.49. The van der Waals surface area contributed by atoms with E-state index in [1.807, 2.05) is 6.07 Å². The number of carbonyl (C=O) groups excluding carboxylic acids is 1. The summed E-state index contributed by atoms with van der Waals surface area (Å²) in [6.45, 7) is 0. The van der Waals surface area contributed by atoms with Gasteiger partial charge in [0.25, 0.3) is 0 Å². The van der Waals surface area contributed by atoms with Crippen LogP contribution in [-0.4, -0.2) is 17.2 Å². The Labute approximate surface area is 93.7 Å². The summed E-state index contributed by atoms with van der Waals surface area (Å²) in [5.41, 5.74) is 0. The van der Waals surface area contributed by atoms with Gasteiger partial charge in [-0.15, -0.1) is 0 Å². The summed E-state index contributed by atoms with van der Waals surface area (Å²) in [5.74, 6) is -0.220. The Hall–Kier alpha value is -1.87. The van der Waals surface area contributed by atoms with Gasteiger partial charge in [-0.25, -0.2) is 0 Å². The van der Waals surface area contributed by atoms with E-state index in [1.54, 1.807) is 42.5 Å². The van der Waals surface area contributed by atoms with E-state index >= 15 is 0 Å². The lowest BCUT2D eigenvalue weighted by Crippen LogP contribution is -2.31. The van der Waals surface area contributed by atoms with Crippen LogP contribution in [0.25, 0.3) is 0 Å². The number of aliphatic hydroxyl groups excluding tert-OH is 1. The largest absolute Gasteiger partial charge is 0.464 e. The van der Waals surface area contributed by atoms with Crippen molar-refractivity contribution < 1.29 is 14.6 Å². The van der Waals surface area contributed by atoms with Gasteiger partial charge in [-0.2, -0.15) is 0 Å².